The van der Waals surface area contributed by atoms with E-state index >= 15 is 0 Å². The number of carboxylic acid groups (broad SMARTS) is 1. The molecule has 0 saturated heterocycles. The zero-order chi connectivity index (χ0) is 14.9. The lowest BCUT2D eigenvalue weighted by atomic mass is 10.0. The normalized spacial score (nSPS) is 21.7. The highest BCUT2D eigenvalue weighted by Crippen LogP contribution is 2.33. The van der Waals surface area contributed by atoms with Crippen LogP contribution in [0.4, 0.5) is 15.8 Å². The quantitative estimate of drug-likeness (QED) is 0.654. The van der Waals surface area contributed by atoms with Crippen molar-refractivity contribution in [2.24, 2.45) is 5.92 Å². The largest absolute Gasteiger partial charge is 0.481 e. The number of nitro groups is 1. The van der Waals surface area contributed by atoms with Crippen LogP contribution in [0.2, 0.25) is 0 Å². The van der Waals surface area contributed by atoms with Gasteiger partial charge in [0.25, 0.3) is 5.69 Å². The van der Waals surface area contributed by atoms with Gasteiger partial charge in [-0.15, -0.1) is 0 Å². The highest BCUT2D eigenvalue weighted by molar-refractivity contribution is 5.73. The van der Waals surface area contributed by atoms with E-state index in [9.17, 15) is 19.3 Å². The first kappa shape index (κ1) is 14.2. The molecule has 1 aliphatic rings. The lowest BCUT2D eigenvalue weighted by Crippen LogP contribution is -2.30. The van der Waals surface area contributed by atoms with Gasteiger partial charge >= 0.3 is 5.97 Å². The van der Waals surface area contributed by atoms with Crippen molar-refractivity contribution in [2.45, 2.75) is 32.2 Å². The molecule has 2 atom stereocenters. The van der Waals surface area contributed by atoms with E-state index in [1.165, 1.54) is 13.0 Å². The predicted molar refractivity (Wildman–Crippen MR) is 70.2 cm³/mol. The number of carbonyl (C=O) groups is 1. The summed E-state index contributed by atoms with van der Waals surface area (Å²) in [7, 11) is 0. The molecule has 2 rings (SSSR count). The van der Waals surface area contributed by atoms with Gasteiger partial charge in [0, 0.05) is 6.04 Å². The summed E-state index contributed by atoms with van der Waals surface area (Å²) in [6.07, 6.45) is 1.92. The number of carboxylic acids is 1. The van der Waals surface area contributed by atoms with Gasteiger partial charge in [-0.25, -0.2) is 4.39 Å². The molecule has 1 saturated carbocycles. The average Bonchev–Trinajstić information content (AvgIpc) is 2.81. The summed E-state index contributed by atoms with van der Waals surface area (Å²) >= 11 is 0. The molecular formula is C13H15FN2O4. The Labute approximate surface area is 114 Å². The summed E-state index contributed by atoms with van der Waals surface area (Å²) in [4.78, 5) is 21.4. The second kappa shape index (κ2) is 5.44. The van der Waals surface area contributed by atoms with Crippen molar-refractivity contribution in [3.05, 3.63) is 33.6 Å². The summed E-state index contributed by atoms with van der Waals surface area (Å²) < 4.78 is 13.4. The summed E-state index contributed by atoms with van der Waals surface area (Å²) in [5, 5.41) is 23.0. The van der Waals surface area contributed by atoms with E-state index in [1.54, 1.807) is 0 Å². The van der Waals surface area contributed by atoms with Crippen molar-refractivity contribution in [1.29, 1.82) is 0 Å². The molecule has 0 spiro atoms. The molecule has 2 N–H and O–H groups in total. The molecule has 20 heavy (non-hydrogen) atoms. The molecule has 6 nitrogen and oxygen atoms in total. The molecule has 0 radical (unpaired) electrons. The first-order valence-corrected chi connectivity index (χ1v) is 6.34. The van der Waals surface area contributed by atoms with Crippen molar-refractivity contribution in [1.82, 2.24) is 0 Å². The molecule has 1 aromatic carbocycles. The third-order valence-electron chi connectivity index (χ3n) is 3.65. The minimum Gasteiger partial charge on any atom is -0.481 e. The first-order valence-electron chi connectivity index (χ1n) is 6.34. The Hall–Kier alpha value is -2.18. The van der Waals surface area contributed by atoms with Crippen molar-refractivity contribution >= 4 is 17.3 Å². The molecule has 0 aromatic heterocycles. The number of hydrogen-bond acceptors (Lipinski definition) is 4. The maximum Gasteiger partial charge on any atom is 0.308 e. The summed E-state index contributed by atoms with van der Waals surface area (Å²) in [6, 6.07) is 1.85. The van der Waals surface area contributed by atoms with Gasteiger partial charge < -0.3 is 10.4 Å². The highest BCUT2D eigenvalue weighted by Gasteiger charge is 2.34. The predicted octanol–water partition coefficient (Wildman–Crippen LogP) is 2.71. The van der Waals surface area contributed by atoms with Crippen molar-refractivity contribution in [3.63, 3.8) is 0 Å². The van der Waals surface area contributed by atoms with Crippen LogP contribution >= 0.6 is 0 Å². The standard InChI is InChI=1S/C13H15FN2O4/c1-7-5-11(12(16(19)20)6-9(7)14)15-10-4-2-3-8(10)13(17)18/h5-6,8,10,15H,2-4H2,1H3,(H,17,18). The van der Waals surface area contributed by atoms with Crippen LogP contribution in [-0.4, -0.2) is 22.0 Å². The minimum atomic E-state index is -0.915. The molecule has 0 aliphatic heterocycles. The van der Waals surface area contributed by atoms with Gasteiger partial charge in [0.15, 0.2) is 0 Å². The molecule has 1 aliphatic carbocycles. The van der Waals surface area contributed by atoms with Crippen molar-refractivity contribution in [3.8, 4) is 0 Å². The number of anilines is 1. The number of benzene rings is 1. The van der Waals surface area contributed by atoms with Gasteiger partial charge in [-0.05, 0) is 31.4 Å². The van der Waals surface area contributed by atoms with Gasteiger partial charge in [0.05, 0.1) is 16.9 Å². The molecule has 1 fully saturated rings. The minimum absolute atomic E-state index is 0.173. The first-order chi connectivity index (χ1) is 9.40. The summed E-state index contributed by atoms with van der Waals surface area (Å²) in [6.45, 7) is 1.51. The maximum atomic E-state index is 13.4. The number of halogens is 1. The fraction of sp³-hybridized carbons (Fsp3) is 0.462. The van der Waals surface area contributed by atoms with E-state index in [0.29, 0.717) is 12.8 Å². The van der Waals surface area contributed by atoms with E-state index in [2.05, 4.69) is 5.32 Å². The van der Waals surface area contributed by atoms with Crippen LogP contribution in [0.15, 0.2) is 12.1 Å². The summed E-state index contributed by atoms with van der Waals surface area (Å²) in [5.41, 5.74) is 0.0826. The monoisotopic (exact) mass is 282 g/mol. The molecule has 1 aromatic rings. The molecule has 0 amide bonds. The van der Waals surface area contributed by atoms with Crippen molar-refractivity contribution in [2.75, 3.05) is 5.32 Å². The van der Waals surface area contributed by atoms with Gasteiger partial charge in [0.2, 0.25) is 0 Å². The number of nitro benzene ring substituents is 1. The van der Waals surface area contributed by atoms with Crippen molar-refractivity contribution < 1.29 is 19.2 Å². The van der Waals surface area contributed by atoms with Gasteiger partial charge in [-0.1, -0.05) is 6.42 Å². The fourth-order valence-electron chi connectivity index (χ4n) is 2.57. The Bertz CT molecular complexity index is 562. The molecule has 0 heterocycles. The van der Waals surface area contributed by atoms with Crippen LogP contribution in [0.5, 0.6) is 0 Å². The Kier molecular flexibility index (Phi) is 3.87. The lowest BCUT2D eigenvalue weighted by Gasteiger charge is -2.19. The number of hydrogen-bond donors (Lipinski definition) is 2. The number of nitrogens with zero attached hydrogens (tertiary/aromatic N) is 1. The van der Waals surface area contributed by atoms with Gasteiger partial charge in [-0.2, -0.15) is 0 Å². The number of aliphatic carboxylic acids is 1. The van der Waals surface area contributed by atoms with E-state index in [-0.39, 0.29) is 23.0 Å². The van der Waals surface area contributed by atoms with E-state index in [1.807, 2.05) is 0 Å². The Morgan fingerprint density at radius 3 is 2.80 bits per heavy atom. The second-order valence-corrected chi connectivity index (χ2v) is 5.00. The number of rotatable bonds is 4. The molecule has 108 valence electrons. The summed E-state index contributed by atoms with van der Waals surface area (Å²) in [5.74, 6) is -2.13. The maximum absolute atomic E-state index is 13.4. The molecule has 2 unspecified atom stereocenters. The number of nitrogens with one attached hydrogen (secondary N) is 1. The zero-order valence-corrected chi connectivity index (χ0v) is 10.9. The lowest BCUT2D eigenvalue weighted by molar-refractivity contribution is -0.384. The zero-order valence-electron chi connectivity index (χ0n) is 10.9. The Morgan fingerprint density at radius 2 is 2.20 bits per heavy atom. The molecular weight excluding hydrogens is 267 g/mol. The third-order valence-corrected chi connectivity index (χ3v) is 3.65. The SMILES string of the molecule is Cc1cc(NC2CCCC2C(=O)O)c([N+](=O)[O-])cc1F. The molecule has 0 bridgehead atoms. The Balaban J connectivity index is 2.31. The topological polar surface area (TPSA) is 92.5 Å². The van der Waals surface area contributed by atoms with Crippen LogP contribution in [0.25, 0.3) is 0 Å². The van der Waals surface area contributed by atoms with Gasteiger partial charge in [0.1, 0.15) is 11.5 Å². The fourth-order valence-corrected chi connectivity index (χ4v) is 2.57. The van der Waals surface area contributed by atoms with Crippen LogP contribution in [0.3, 0.4) is 0 Å². The smallest absolute Gasteiger partial charge is 0.308 e. The Morgan fingerprint density at radius 1 is 1.50 bits per heavy atom. The average molecular weight is 282 g/mol. The molecule has 7 heteroatoms. The van der Waals surface area contributed by atoms with Gasteiger partial charge in [-0.3, -0.25) is 14.9 Å². The van der Waals surface area contributed by atoms with Crippen LogP contribution in [-0.2, 0) is 4.79 Å². The number of aryl methyl sites for hydroxylation is 1. The van der Waals surface area contributed by atoms with Crippen LogP contribution in [0, 0.1) is 28.8 Å². The van der Waals surface area contributed by atoms with E-state index in [0.717, 1.165) is 12.5 Å². The third kappa shape index (κ3) is 2.71. The van der Waals surface area contributed by atoms with Crippen LogP contribution < -0.4 is 5.32 Å². The second-order valence-electron chi connectivity index (χ2n) is 5.00. The van der Waals surface area contributed by atoms with E-state index < -0.39 is 22.6 Å². The highest BCUT2D eigenvalue weighted by atomic mass is 19.1. The van der Waals surface area contributed by atoms with E-state index in [4.69, 9.17) is 5.11 Å². The van der Waals surface area contributed by atoms with Crippen LogP contribution in [0.1, 0.15) is 24.8 Å².